The van der Waals surface area contributed by atoms with Crippen molar-refractivity contribution in [1.82, 2.24) is 0 Å². The van der Waals surface area contributed by atoms with Crippen LogP contribution in [0.25, 0.3) is 0 Å². The highest BCUT2D eigenvalue weighted by Gasteiger charge is 2.32. The molecule has 2 aliphatic rings. The molecule has 0 aromatic heterocycles. The van der Waals surface area contributed by atoms with Gasteiger partial charge in [0.25, 0.3) is 5.91 Å². The van der Waals surface area contributed by atoms with Gasteiger partial charge in [-0.15, -0.1) is 0 Å². The van der Waals surface area contributed by atoms with Crippen LogP contribution in [-0.4, -0.2) is 33.2 Å². The first kappa shape index (κ1) is 16.1. The van der Waals surface area contributed by atoms with Crippen LogP contribution in [-0.2, 0) is 22.9 Å². The molecule has 0 fully saturated rings. The van der Waals surface area contributed by atoms with Crippen molar-refractivity contribution < 1.29 is 13.2 Å². The normalized spacial score (nSPS) is 19.0. The van der Waals surface area contributed by atoms with Crippen molar-refractivity contribution in [2.45, 2.75) is 25.8 Å². The number of nitrogens with zero attached hydrogens (tertiary/aromatic N) is 2. The number of carbonyl (C=O) groups is 1. The number of rotatable bonds is 2. The van der Waals surface area contributed by atoms with Crippen LogP contribution in [0.3, 0.4) is 0 Å². The van der Waals surface area contributed by atoms with Crippen molar-refractivity contribution >= 4 is 27.3 Å². The zero-order valence-corrected chi connectivity index (χ0v) is 15.1. The van der Waals surface area contributed by atoms with E-state index < -0.39 is 10.0 Å². The molecule has 4 rings (SSSR count). The number of amides is 1. The molecule has 1 amide bonds. The number of carbonyl (C=O) groups excluding carboxylic acids is 1. The molecule has 130 valence electrons. The Morgan fingerprint density at radius 2 is 1.84 bits per heavy atom. The molecule has 0 unspecified atom stereocenters. The summed E-state index contributed by atoms with van der Waals surface area (Å²) in [5, 5.41) is 0. The van der Waals surface area contributed by atoms with E-state index in [1.807, 2.05) is 29.2 Å². The summed E-state index contributed by atoms with van der Waals surface area (Å²) >= 11 is 0. The standard InChI is InChI=1S/C19H20N2O3S/c1-13-11-14-5-3-4-6-18(14)21(13)19(22)16-7-8-17-15(12-16)9-10-20(17)25(2,23)24/h3-8,12-13H,9-11H2,1-2H3/t13-/m0/s1. The minimum absolute atomic E-state index is 0.0296. The van der Waals surface area contributed by atoms with Gasteiger partial charge in [0.05, 0.1) is 11.9 Å². The topological polar surface area (TPSA) is 57.7 Å². The van der Waals surface area contributed by atoms with Crippen LogP contribution in [0.15, 0.2) is 42.5 Å². The van der Waals surface area contributed by atoms with Gasteiger partial charge in [0, 0.05) is 23.8 Å². The van der Waals surface area contributed by atoms with E-state index >= 15 is 0 Å². The number of hydrogen-bond acceptors (Lipinski definition) is 3. The first-order chi connectivity index (χ1) is 11.9. The van der Waals surface area contributed by atoms with Crippen molar-refractivity contribution in [3.63, 3.8) is 0 Å². The van der Waals surface area contributed by atoms with E-state index in [9.17, 15) is 13.2 Å². The summed E-state index contributed by atoms with van der Waals surface area (Å²) in [5.41, 5.74) is 4.37. The molecule has 0 aliphatic carbocycles. The fourth-order valence-electron chi connectivity index (χ4n) is 3.86. The maximum atomic E-state index is 13.1. The van der Waals surface area contributed by atoms with E-state index in [2.05, 4.69) is 13.0 Å². The molecule has 2 heterocycles. The number of para-hydroxylation sites is 1. The summed E-state index contributed by atoms with van der Waals surface area (Å²) in [6, 6.07) is 13.4. The second kappa shape index (κ2) is 5.59. The van der Waals surface area contributed by atoms with Gasteiger partial charge in [-0.3, -0.25) is 9.10 Å². The minimum atomic E-state index is -3.28. The van der Waals surface area contributed by atoms with Crippen LogP contribution in [0.2, 0.25) is 0 Å². The smallest absolute Gasteiger partial charge is 0.258 e. The Morgan fingerprint density at radius 1 is 1.08 bits per heavy atom. The lowest BCUT2D eigenvalue weighted by molar-refractivity contribution is 0.0981. The molecular formula is C19H20N2O3S. The molecule has 2 aromatic rings. The van der Waals surface area contributed by atoms with Crippen molar-refractivity contribution in [2.75, 3.05) is 22.0 Å². The molecule has 0 bridgehead atoms. The van der Waals surface area contributed by atoms with Gasteiger partial charge >= 0.3 is 0 Å². The summed E-state index contributed by atoms with van der Waals surface area (Å²) in [7, 11) is -3.28. The van der Waals surface area contributed by atoms with E-state index in [1.54, 1.807) is 12.1 Å². The summed E-state index contributed by atoms with van der Waals surface area (Å²) in [5.74, 6) is -0.0296. The Labute approximate surface area is 147 Å². The van der Waals surface area contributed by atoms with Crippen LogP contribution < -0.4 is 9.21 Å². The van der Waals surface area contributed by atoms with Crippen LogP contribution >= 0.6 is 0 Å². The summed E-state index contributed by atoms with van der Waals surface area (Å²) < 4.78 is 25.1. The predicted octanol–water partition coefficient (Wildman–Crippen LogP) is 2.60. The summed E-state index contributed by atoms with van der Waals surface area (Å²) in [6.07, 6.45) is 2.70. The lowest BCUT2D eigenvalue weighted by atomic mass is 10.1. The number of hydrogen-bond donors (Lipinski definition) is 0. The minimum Gasteiger partial charge on any atom is -0.305 e. The van der Waals surface area contributed by atoms with Gasteiger partial charge in [0.1, 0.15) is 0 Å². The van der Waals surface area contributed by atoms with E-state index in [0.717, 1.165) is 17.7 Å². The maximum absolute atomic E-state index is 13.1. The average molecular weight is 356 g/mol. The lowest BCUT2D eigenvalue weighted by Crippen LogP contribution is -2.35. The highest BCUT2D eigenvalue weighted by Crippen LogP contribution is 2.35. The molecule has 6 heteroatoms. The second-order valence-electron chi connectivity index (χ2n) is 6.79. The van der Waals surface area contributed by atoms with Gasteiger partial charge in [0.15, 0.2) is 0 Å². The van der Waals surface area contributed by atoms with Crippen molar-refractivity contribution in [2.24, 2.45) is 0 Å². The molecule has 0 saturated carbocycles. The molecule has 2 aromatic carbocycles. The molecule has 5 nitrogen and oxygen atoms in total. The third-order valence-electron chi connectivity index (χ3n) is 5.01. The zero-order chi connectivity index (χ0) is 17.8. The van der Waals surface area contributed by atoms with Gasteiger partial charge in [-0.2, -0.15) is 0 Å². The van der Waals surface area contributed by atoms with Crippen LogP contribution in [0.1, 0.15) is 28.4 Å². The average Bonchev–Trinajstić information content (AvgIpc) is 3.13. The number of fused-ring (bicyclic) bond motifs is 2. The quantitative estimate of drug-likeness (QED) is 0.831. The first-order valence-corrected chi connectivity index (χ1v) is 10.2. The van der Waals surface area contributed by atoms with Crippen LogP contribution in [0.5, 0.6) is 0 Å². The van der Waals surface area contributed by atoms with Gasteiger partial charge < -0.3 is 4.90 Å². The summed E-state index contributed by atoms with van der Waals surface area (Å²) in [6.45, 7) is 2.49. The van der Waals surface area contributed by atoms with Gasteiger partial charge in [-0.1, -0.05) is 18.2 Å². The highest BCUT2D eigenvalue weighted by molar-refractivity contribution is 7.92. The molecule has 25 heavy (non-hydrogen) atoms. The summed E-state index contributed by atoms with van der Waals surface area (Å²) in [4.78, 5) is 14.9. The maximum Gasteiger partial charge on any atom is 0.258 e. The fourth-order valence-corrected chi connectivity index (χ4v) is 4.82. The molecule has 0 saturated heterocycles. The Balaban J connectivity index is 1.69. The number of sulfonamides is 1. The highest BCUT2D eigenvalue weighted by atomic mass is 32.2. The Morgan fingerprint density at radius 3 is 2.60 bits per heavy atom. The molecule has 0 spiro atoms. The van der Waals surface area contributed by atoms with Gasteiger partial charge in [-0.25, -0.2) is 8.42 Å². The molecule has 2 aliphatic heterocycles. The van der Waals surface area contributed by atoms with Gasteiger partial charge in [0.2, 0.25) is 10.0 Å². The molecule has 0 N–H and O–H groups in total. The first-order valence-electron chi connectivity index (χ1n) is 8.38. The number of benzene rings is 2. The Hall–Kier alpha value is -2.34. The second-order valence-corrected chi connectivity index (χ2v) is 8.69. The third kappa shape index (κ3) is 2.61. The van der Waals surface area contributed by atoms with Crippen molar-refractivity contribution in [3.05, 3.63) is 59.2 Å². The lowest BCUT2D eigenvalue weighted by Gasteiger charge is -2.23. The SMILES string of the molecule is C[C@H]1Cc2ccccc2N1C(=O)c1ccc2c(c1)CCN2S(C)(=O)=O. The van der Waals surface area contributed by atoms with Crippen LogP contribution in [0.4, 0.5) is 11.4 Å². The molecule has 0 radical (unpaired) electrons. The van der Waals surface area contributed by atoms with E-state index in [1.165, 1.54) is 16.1 Å². The Bertz CT molecular complexity index is 968. The van der Waals surface area contributed by atoms with Gasteiger partial charge in [-0.05, 0) is 55.2 Å². The van der Waals surface area contributed by atoms with E-state index in [0.29, 0.717) is 24.2 Å². The third-order valence-corrected chi connectivity index (χ3v) is 6.19. The molecular weight excluding hydrogens is 336 g/mol. The molecule has 1 atom stereocenters. The zero-order valence-electron chi connectivity index (χ0n) is 14.3. The van der Waals surface area contributed by atoms with Crippen LogP contribution in [0, 0.1) is 0 Å². The number of anilines is 2. The largest absolute Gasteiger partial charge is 0.305 e. The van der Waals surface area contributed by atoms with E-state index in [4.69, 9.17) is 0 Å². The predicted molar refractivity (Wildman–Crippen MR) is 98.8 cm³/mol. The van der Waals surface area contributed by atoms with Crippen molar-refractivity contribution in [1.29, 1.82) is 0 Å². The Kier molecular flexibility index (Phi) is 3.61. The van der Waals surface area contributed by atoms with E-state index in [-0.39, 0.29) is 11.9 Å². The monoisotopic (exact) mass is 356 g/mol. The fraction of sp³-hybridized carbons (Fsp3) is 0.316. The van der Waals surface area contributed by atoms with Crippen molar-refractivity contribution in [3.8, 4) is 0 Å².